The summed E-state index contributed by atoms with van der Waals surface area (Å²) in [6, 6.07) is 9.57. The third-order valence-electron chi connectivity index (χ3n) is 5.47. The molecule has 2 fully saturated rings. The zero-order chi connectivity index (χ0) is 18.5. The van der Waals surface area contributed by atoms with Gasteiger partial charge in [0, 0.05) is 19.1 Å². The van der Waals surface area contributed by atoms with Crippen LogP contribution in [0.3, 0.4) is 0 Å². The number of carboxylic acid groups (broad SMARTS) is 1. The molecule has 1 aromatic carbocycles. The summed E-state index contributed by atoms with van der Waals surface area (Å²) in [4.78, 5) is 37.9. The van der Waals surface area contributed by atoms with Gasteiger partial charge in [0.2, 0.25) is 11.8 Å². The highest BCUT2D eigenvalue weighted by Gasteiger charge is 2.33. The number of carbonyl (C=O) groups excluding carboxylic acids is 2. The Balaban J connectivity index is 1.50. The second-order valence-corrected chi connectivity index (χ2v) is 7.40. The highest BCUT2D eigenvalue weighted by atomic mass is 16.4. The quantitative estimate of drug-likeness (QED) is 0.841. The Bertz CT molecular complexity index is 661. The van der Waals surface area contributed by atoms with Crippen molar-refractivity contribution in [2.75, 3.05) is 13.1 Å². The molecule has 0 aromatic heterocycles. The zero-order valence-corrected chi connectivity index (χ0v) is 14.9. The molecule has 6 heteroatoms. The van der Waals surface area contributed by atoms with Crippen molar-refractivity contribution in [1.82, 2.24) is 10.2 Å². The van der Waals surface area contributed by atoms with Gasteiger partial charge in [0.25, 0.3) is 0 Å². The van der Waals surface area contributed by atoms with Crippen molar-refractivity contribution in [3.8, 4) is 0 Å². The Hall–Kier alpha value is -2.37. The van der Waals surface area contributed by atoms with Crippen LogP contribution < -0.4 is 5.32 Å². The fraction of sp³-hybridized carbons (Fsp3) is 0.550. The molecule has 0 bridgehead atoms. The van der Waals surface area contributed by atoms with Crippen molar-refractivity contribution < 1.29 is 19.5 Å². The second kappa shape index (κ2) is 8.34. The molecule has 1 heterocycles. The molecular formula is C20H26N2O4. The van der Waals surface area contributed by atoms with Gasteiger partial charge in [-0.05, 0) is 37.7 Å². The van der Waals surface area contributed by atoms with Crippen molar-refractivity contribution >= 4 is 17.8 Å². The number of rotatable bonds is 5. The summed E-state index contributed by atoms with van der Waals surface area (Å²) in [6.45, 7) is 1.15. The average molecular weight is 358 g/mol. The first-order chi connectivity index (χ1) is 12.5. The van der Waals surface area contributed by atoms with E-state index in [4.69, 9.17) is 5.11 Å². The number of carbonyl (C=O) groups is 3. The fourth-order valence-corrected chi connectivity index (χ4v) is 3.96. The summed E-state index contributed by atoms with van der Waals surface area (Å²) >= 11 is 0. The molecule has 6 nitrogen and oxygen atoms in total. The van der Waals surface area contributed by atoms with Gasteiger partial charge < -0.3 is 15.3 Å². The molecule has 1 aliphatic carbocycles. The monoisotopic (exact) mass is 358 g/mol. The van der Waals surface area contributed by atoms with E-state index in [1.54, 1.807) is 4.90 Å². The first-order valence-corrected chi connectivity index (χ1v) is 9.38. The molecule has 3 atom stereocenters. The Morgan fingerprint density at radius 1 is 1.08 bits per heavy atom. The van der Waals surface area contributed by atoms with Crippen LogP contribution in [0.1, 0.15) is 37.7 Å². The van der Waals surface area contributed by atoms with E-state index in [1.165, 1.54) is 0 Å². The van der Waals surface area contributed by atoms with Gasteiger partial charge in [-0.1, -0.05) is 30.3 Å². The first kappa shape index (κ1) is 18.4. The van der Waals surface area contributed by atoms with E-state index in [0.29, 0.717) is 38.8 Å². The van der Waals surface area contributed by atoms with Crippen molar-refractivity contribution in [1.29, 1.82) is 0 Å². The highest BCUT2D eigenvalue weighted by Crippen LogP contribution is 2.26. The summed E-state index contributed by atoms with van der Waals surface area (Å²) in [5.74, 6) is -1.32. The topological polar surface area (TPSA) is 86.7 Å². The van der Waals surface area contributed by atoms with Crippen LogP contribution in [0.25, 0.3) is 0 Å². The Labute approximate surface area is 153 Å². The molecular weight excluding hydrogens is 332 g/mol. The van der Waals surface area contributed by atoms with E-state index < -0.39 is 5.97 Å². The van der Waals surface area contributed by atoms with Gasteiger partial charge in [-0.2, -0.15) is 0 Å². The predicted octanol–water partition coefficient (Wildman–Crippen LogP) is 1.84. The molecule has 2 amide bonds. The number of amides is 2. The maximum absolute atomic E-state index is 12.6. The van der Waals surface area contributed by atoms with E-state index in [9.17, 15) is 14.4 Å². The lowest BCUT2D eigenvalue weighted by molar-refractivity contribution is -0.142. The minimum atomic E-state index is -0.780. The van der Waals surface area contributed by atoms with E-state index in [-0.39, 0.29) is 29.7 Å². The van der Waals surface area contributed by atoms with Gasteiger partial charge in [0.1, 0.15) is 0 Å². The fourth-order valence-electron chi connectivity index (χ4n) is 3.96. The average Bonchev–Trinajstić information content (AvgIpc) is 3.11. The molecule has 1 aromatic rings. The zero-order valence-electron chi connectivity index (χ0n) is 14.9. The Kier molecular flexibility index (Phi) is 5.91. The molecule has 1 saturated heterocycles. The van der Waals surface area contributed by atoms with Crippen LogP contribution in [-0.4, -0.2) is 46.9 Å². The molecule has 1 unspecified atom stereocenters. The Morgan fingerprint density at radius 3 is 2.54 bits per heavy atom. The Morgan fingerprint density at radius 2 is 1.85 bits per heavy atom. The van der Waals surface area contributed by atoms with Crippen LogP contribution >= 0.6 is 0 Å². The van der Waals surface area contributed by atoms with E-state index in [2.05, 4.69) is 5.32 Å². The van der Waals surface area contributed by atoms with E-state index in [1.807, 2.05) is 30.3 Å². The van der Waals surface area contributed by atoms with Gasteiger partial charge in [-0.3, -0.25) is 14.4 Å². The van der Waals surface area contributed by atoms with Crippen LogP contribution in [0.4, 0.5) is 0 Å². The van der Waals surface area contributed by atoms with Crippen LogP contribution in [0.15, 0.2) is 30.3 Å². The molecule has 2 N–H and O–H groups in total. The summed E-state index contributed by atoms with van der Waals surface area (Å²) in [5, 5.41) is 12.1. The van der Waals surface area contributed by atoms with Gasteiger partial charge in [-0.15, -0.1) is 0 Å². The SMILES string of the molecule is O=C(N[C@H]1CC[C@@H](C(=O)O)C1)C1CCCN(C(=O)Cc2ccccc2)C1. The number of likely N-dealkylation sites (tertiary alicyclic amines) is 1. The standard InChI is InChI=1S/C20H26N2O4/c23-18(11-14-5-2-1-3-6-14)22-10-4-7-16(13-22)19(24)21-17-9-8-15(12-17)20(25)26/h1-3,5-6,15-17H,4,7-13H2,(H,21,24)(H,25,26)/t15-,16?,17+/m1/s1. The number of carboxylic acids is 1. The summed E-state index contributed by atoms with van der Waals surface area (Å²) in [6.07, 6.45) is 3.79. The summed E-state index contributed by atoms with van der Waals surface area (Å²) in [7, 11) is 0. The number of aliphatic carboxylic acids is 1. The van der Waals surface area contributed by atoms with Crippen molar-refractivity contribution in [3.05, 3.63) is 35.9 Å². The van der Waals surface area contributed by atoms with Gasteiger partial charge in [-0.25, -0.2) is 0 Å². The molecule has 1 aliphatic heterocycles. The van der Waals surface area contributed by atoms with Gasteiger partial charge in [0.15, 0.2) is 0 Å². The lowest BCUT2D eigenvalue weighted by Crippen LogP contribution is -2.47. The van der Waals surface area contributed by atoms with Crippen molar-refractivity contribution in [3.63, 3.8) is 0 Å². The summed E-state index contributed by atoms with van der Waals surface area (Å²) < 4.78 is 0. The molecule has 2 aliphatic rings. The number of nitrogens with one attached hydrogen (secondary N) is 1. The maximum Gasteiger partial charge on any atom is 0.306 e. The number of piperidine rings is 1. The van der Waals surface area contributed by atoms with Crippen molar-refractivity contribution in [2.45, 2.75) is 44.6 Å². The minimum Gasteiger partial charge on any atom is -0.481 e. The molecule has 26 heavy (non-hydrogen) atoms. The molecule has 1 saturated carbocycles. The van der Waals surface area contributed by atoms with Crippen LogP contribution in [0.2, 0.25) is 0 Å². The largest absolute Gasteiger partial charge is 0.481 e. The number of hydrogen-bond acceptors (Lipinski definition) is 3. The number of hydrogen-bond donors (Lipinski definition) is 2. The lowest BCUT2D eigenvalue weighted by atomic mass is 9.96. The van der Waals surface area contributed by atoms with E-state index in [0.717, 1.165) is 18.4 Å². The van der Waals surface area contributed by atoms with Crippen molar-refractivity contribution in [2.24, 2.45) is 11.8 Å². The third kappa shape index (κ3) is 4.62. The number of benzene rings is 1. The van der Waals surface area contributed by atoms with Gasteiger partial charge >= 0.3 is 5.97 Å². The molecule has 0 radical (unpaired) electrons. The highest BCUT2D eigenvalue weighted by molar-refractivity contribution is 5.82. The lowest BCUT2D eigenvalue weighted by Gasteiger charge is -2.32. The molecule has 3 rings (SSSR count). The minimum absolute atomic E-state index is 0.0433. The van der Waals surface area contributed by atoms with Crippen LogP contribution in [-0.2, 0) is 20.8 Å². The van der Waals surface area contributed by atoms with Crippen LogP contribution in [0.5, 0.6) is 0 Å². The van der Waals surface area contributed by atoms with Gasteiger partial charge in [0.05, 0.1) is 18.3 Å². The second-order valence-electron chi connectivity index (χ2n) is 7.40. The third-order valence-corrected chi connectivity index (χ3v) is 5.47. The molecule has 0 spiro atoms. The maximum atomic E-state index is 12.6. The first-order valence-electron chi connectivity index (χ1n) is 9.38. The predicted molar refractivity (Wildman–Crippen MR) is 96.4 cm³/mol. The van der Waals surface area contributed by atoms with Crippen LogP contribution in [0, 0.1) is 11.8 Å². The van der Waals surface area contributed by atoms with E-state index >= 15 is 0 Å². The molecule has 140 valence electrons. The summed E-state index contributed by atoms with van der Waals surface area (Å²) in [5.41, 5.74) is 0.981. The number of nitrogens with zero attached hydrogens (tertiary/aromatic N) is 1. The smallest absolute Gasteiger partial charge is 0.306 e. The normalized spacial score (nSPS) is 25.7.